The molecule has 1 aromatic heterocycles. The minimum Gasteiger partial charge on any atom is -0.393 e. The molecule has 2 aromatic rings. The normalized spacial score (nSPS) is 13.8. The second-order valence-electron chi connectivity index (χ2n) is 7.01. The van der Waals surface area contributed by atoms with Crippen molar-refractivity contribution in [3.63, 3.8) is 0 Å². The Bertz CT molecular complexity index is 691. The first-order valence-electron chi connectivity index (χ1n) is 8.75. The summed E-state index contributed by atoms with van der Waals surface area (Å²) in [5, 5.41) is 10.9. The van der Waals surface area contributed by atoms with E-state index in [0.717, 1.165) is 12.8 Å². The molecule has 4 nitrogen and oxygen atoms in total. The van der Waals surface area contributed by atoms with Gasteiger partial charge in [0.1, 0.15) is 0 Å². The van der Waals surface area contributed by atoms with E-state index in [1.807, 2.05) is 20.0 Å². The zero-order chi connectivity index (χ0) is 18.6. The molecule has 0 saturated heterocycles. The molecule has 1 N–H and O–H groups in total. The lowest BCUT2D eigenvalue weighted by molar-refractivity contribution is -0.0692. The van der Waals surface area contributed by atoms with Crippen LogP contribution in [-0.2, 0) is 20.8 Å². The molecule has 0 fully saturated rings. The molecule has 136 valence electrons. The topological polar surface area (TPSA) is 43.6 Å². The van der Waals surface area contributed by atoms with Crippen molar-refractivity contribution >= 4 is 30.4 Å². The molecular weight excluding hydrogens is 346 g/mol. The highest BCUT2D eigenvalue weighted by atomic mass is 28.2. The van der Waals surface area contributed by atoms with Gasteiger partial charge in [-0.05, 0) is 70.8 Å². The van der Waals surface area contributed by atoms with Gasteiger partial charge in [-0.1, -0.05) is 12.1 Å². The summed E-state index contributed by atoms with van der Waals surface area (Å²) in [5.41, 5.74) is 3.42. The summed E-state index contributed by atoms with van der Waals surface area (Å²) >= 11 is 0. The highest BCUT2D eigenvalue weighted by molar-refractivity contribution is 6.26. The Morgan fingerprint density at radius 1 is 1.20 bits per heavy atom. The van der Waals surface area contributed by atoms with Gasteiger partial charge in [-0.2, -0.15) is 0 Å². The third-order valence-corrected chi connectivity index (χ3v) is 5.48. The lowest BCUT2D eigenvalue weighted by Gasteiger charge is -2.36. The summed E-state index contributed by atoms with van der Waals surface area (Å²) < 4.78 is 14.1. The predicted octanol–water partition coefficient (Wildman–Crippen LogP) is 3.69. The Morgan fingerprint density at radius 2 is 1.84 bits per heavy atom. The molecule has 25 heavy (non-hydrogen) atoms. The molecule has 0 bridgehead atoms. The second kappa shape index (κ2) is 8.64. The minimum atomic E-state index is -0.318. The Morgan fingerprint density at radius 3 is 2.40 bits per heavy atom. The highest BCUT2D eigenvalue weighted by Gasteiger charge is 2.33. The summed E-state index contributed by atoms with van der Waals surface area (Å²) in [6, 6.07) is 6.43. The molecule has 6 heteroatoms. The summed E-state index contributed by atoms with van der Waals surface area (Å²) in [6.45, 7) is 12.4. The molecule has 1 heterocycles. The Kier molecular flexibility index (Phi) is 7.05. The van der Waals surface area contributed by atoms with E-state index in [9.17, 15) is 5.11 Å². The summed E-state index contributed by atoms with van der Waals surface area (Å²) in [5.74, 6) is 0. The highest BCUT2D eigenvalue weighted by Crippen LogP contribution is 2.33. The molecule has 1 atom stereocenters. The molecular formula is C19H29NO3Si2. The first-order valence-corrected chi connectivity index (χ1v) is 11.6. The number of fused-ring (bicyclic) bond motifs is 1. The van der Waals surface area contributed by atoms with Crippen LogP contribution in [0.3, 0.4) is 0 Å². The average molecular weight is 376 g/mol. The van der Waals surface area contributed by atoms with E-state index < -0.39 is 0 Å². The average Bonchev–Trinajstić information content (AvgIpc) is 2.91. The lowest BCUT2D eigenvalue weighted by Crippen LogP contribution is -2.43. The van der Waals surface area contributed by atoms with Crippen LogP contribution < -0.4 is 0 Å². The molecule has 1 aromatic carbocycles. The van der Waals surface area contributed by atoms with Crippen LogP contribution in [-0.4, -0.2) is 41.6 Å². The maximum atomic E-state index is 9.64. The number of nitrogens with zero attached hydrogens (tertiary/aromatic N) is 1. The van der Waals surface area contributed by atoms with Crippen molar-refractivity contribution in [1.29, 1.82) is 0 Å². The Hall–Kier alpha value is -0.926. The van der Waals surface area contributed by atoms with E-state index in [1.165, 1.54) is 22.0 Å². The maximum absolute atomic E-state index is 9.64. The molecule has 0 aliphatic rings. The third-order valence-electron chi connectivity index (χ3n) is 4.58. The van der Waals surface area contributed by atoms with Crippen molar-refractivity contribution in [3.05, 3.63) is 35.5 Å². The van der Waals surface area contributed by atoms with E-state index >= 15 is 0 Å². The number of hydrogen-bond donors (Lipinski definition) is 1. The van der Waals surface area contributed by atoms with Crippen molar-refractivity contribution in [2.45, 2.75) is 71.6 Å². The van der Waals surface area contributed by atoms with E-state index in [-0.39, 0.29) is 17.9 Å². The maximum Gasteiger partial charge on any atom is 0.229 e. The number of benzene rings is 1. The van der Waals surface area contributed by atoms with Gasteiger partial charge in [0, 0.05) is 17.1 Å². The summed E-state index contributed by atoms with van der Waals surface area (Å²) in [4.78, 5) is 0. The monoisotopic (exact) mass is 375 g/mol. The van der Waals surface area contributed by atoms with Gasteiger partial charge in [0.25, 0.3) is 0 Å². The van der Waals surface area contributed by atoms with Crippen LogP contribution in [0.1, 0.15) is 38.3 Å². The van der Waals surface area contributed by atoms with Crippen LogP contribution >= 0.6 is 0 Å². The van der Waals surface area contributed by atoms with Crippen LogP contribution in [0, 0.1) is 6.92 Å². The quantitative estimate of drug-likeness (QED) is 0.537. The van der Waals surface area contributed by atoms with Crippen molar-refractivity contribution in [3.8, 4) is 0 Å². The fourth-order valence-corrected chi connectivity index (χ4v) is 4.46. The fourth-order valence-electron chi connectivity index (χ4n) is 3.26. The summed E-state index contributed by atoms with van der Waals surface area (Å²) in [6.07, 6.45) is 3.29. The molecule has 4 radical (unpaired) electrons. The van der Waals surface area contributed by atoms with Gasteiger partial charge in [0.2, 0.25) is 19.5 Å². The van der Waals surface area contributed by atoms with E-state index in [1.54, 1.807) is 0 Å². The van der Waals surface area contributed by atoms with Gasteiger partial charge in [-0.3, -0.25) is 0 Å². The molecule has 0 aliphatic carbocycles. The lowest BCUT2D eigenvalue weighted by atomic mass is 10.0. The molecule has 0 spiro atoms. The van der Waals surface area contributed by atoms with E-state index in [0.29, 0.717) is 19.5 Å². The number of rotatable bonds is 9. The standard InChI is InChI=1S/C19H29NO3Si2/c1-13-12-20(19(3,4)18(22-24-5)23-25-6)16-9-7-8-15(17(13)16)11-10-14(2)21/h7-9,12,14,18,21H,10-11H2,1-6H3. The summed E-state index contributed by atoms with van der Waals surface area (Å²) in [7, 11) is 0.766. The zero-order valence-electron chi connectivity index (χ0n) is 16.1. The van der Waals surface area contributed by atoms with Crippen molar-refractivity contribution in [1.82, 2.24) is 4.57 Å². The van der Waals surface area contributed by atoms with Crippen LogP contribution in [0.25, 0.3) is 10.9 Å². The molecule has 2 rings (SSSR count). The fraction of sp³-hybridized carbons (Fsp3) is 0.579. The van der Waals surface area contributed by atoms with Gasteiger partial charge < -0.3 is 18.5 Å². The number of aryl methyl sites for hydroxylation is 2. The third kappa shape index (κ3) is 4.43. The second-order valence-corrected chi connectivity index (χ2v) is 8.30. The largest absolute Gasteiger partial charge is 0.393 e. The SMILES string of the molecule is C[Si]OC(O[Si]C)C(C)(C)n1cc(C)c2c(CCC(C)O)cccc21. The van der Waals surface area contributed by atoms with Crippen LogP contribution in [0.15, 0.2) is 24.4 Å². The van der Waals surface area contributed by atoms with Crippen molar-refractivity contribution in [2.24, 2.45) is 0 Å². The number of aliphatic hydroxyl groups is 1. The number of hydrogen-bond acceptors (Lipinski definition) is 3. The minimum absolute atomic E-state index is 0.281. The van der Waals surface area contributed by atoms with Gasteiger partial charge in [-0.15, -0.1) is 0 Å². The van der Waals surface area contributed by atoms with Gasteiger partial charge in [-0.25, -0.2) is 0 Å². The van der Waals surface area contributed by atoms with Crippen LogP contribution in [0.2, 0.25) is 13.1 Å². The predicted molar refractivity (Wildman–Crippen MR) is 105 cm³/mol. The molecule has 0 aliphatic heterocycles. The molecule has 0 saturated carbocycles. The van der Waals surface area contributed by atoms with Crippen molar-refractivity contribution in [2.75, 3.05) is 0 Å². The van der Waals surface area contributed by atoms with E-state index in [2.05, 4.69) is 49.7 Å². The van der Waals surface area contributed by atoms with Gasteiger partial charge >= 0.3 is 0 Å². The van der Waals surface area contributed by atoms with Crippen LogP contribution in [0.5, 0.6) is 0 Å². The molecule has 0 amide bonds. The first-order chi connectivity index (χ1) is 11.8. The number of aliphatic hydroxyl groups excluding tert-OH is 1. The van der Waals surface area contributed by atoms with Gasteiger partial charge in [0.05, 0.1) is 11.6 Å². The molecule has 1 unspecified atom stereocenters. The van der Waals surface area contributed by atoms with Gasteiger partial charge in [0.15, 0.2) is 6.29 Å². The Balaban J connectivity index is 2.50. The van der Waals surface area contributed by atoms with E-state index in [4.69, 9.17) is 8.85 Å². The number of aromatic nitrogens is 1. The Labute approximate surface area is 156 Å². The zero-order valence-corrected chi connectivity index (χ0v) is 18.1. The van der Waals surface area contributed by atoms with Crippen LogP contribution in [0.4, 0.5) is 0 Å². The van der Waals surface area contributed by atoms with Crippen molar-refractivity contribution < 1.29 is 14.0 Å². The first kappa shape index (κ1) is 20.4. The smallest absolute Gasteiger partial charge is 0.229 e.